The minimum absolute atomic E-state index is 0. The lowest BCUT2D eigenvalue weighted by Crippen LogP contribution is -2.28. The minimum Gasteiger partial charge on any atom is -0.475 e. The van der Waals surface area contributed by atoms with Gasteiger partial charge in [0.2, 0.25) is 11.8 Å². The average Bonchev–Trinajstić information content (AvgIpc) is 2.37. The highest BCUT2D eigenvalue weighted by Gasteiger charge is 2.04. The van der Waals surface area contributed by atoms with E-state index >= 15 is 0 Å². The normalized spacial score (nSPS) is 9.29. The molecule has 0 unspecified atom stereocenters. The highest BCUT2D eigenvalue weighted by molar-refractivity contribution is 6.35. The van der Waals surface area contributed by atoms with E-state index in [-0.39, 0.29) is 30.7 Å². The van der Waals surface area contributed by atoms with Crippen molar-refractivity contribution in [3.63, 3.8) is 0 Å². The highest BCUT2D eigenvalue weighted by Crippen LogP contribution is 2.24. The SMILES string of the molecule is CNCCCC(=O)NCCOc1ncc(Cl)cc1Cl.Cl.Cl. The monoisotopic (exact) mass is 377 g/mol. The number of carbonyl (C=O) groups excluding carboxylic acids is 1. The number of nitrogens with one attached hydrogen (secondary N) is 2. The summed E-state index contributed by atoms with van der Waals surface area (Å²) < 4.78 is 5.34. The molecular weight excluding hydrogens is 360 g/mol. The van der Waals surface area contributed by atoms with Gasteiger partial charge in [0.15, 0.2) is 0 Å². The third kappa shape index (κ3) is 9.98. The van der Waals surface area contributed by atoms with Gasteiger partial charge in [-0.15, -0.1) is 24.8 Å². The molecule has 0 aromatic carbocycles. The first-order valence-corrected chi connectivity index (χ1v) is 6.74. The second kappa shape index (κ2) is 13.2. The Labute approximate surface area is 146 Å². The Morgan fingerprint density at radius 1 is 1.33 bits per heavy atom. The van der Waals surface area contributed by atoms with E-state index < -0.39 is 0 Å². The lowest BCUT2D eigenvalue weighted by Gasteiger charge is -2.08. The zero-order valence-corrected chi connectivity index (χ0v) is 14.7. The van der Waals surface area contributed by atoms with Crippen LogP contribution in [0.5, 0.6) is 5.88 Å². The number of nitrogens with zero attached hydrogens (tertiary/aromatic N) is 1. The first-order valence-electron chi connectivity index (χ1n) is 5.98. The lowest BCUT2D eigenvalue weighted by molar-refractivity contribution is -0.121. The van der Waals surface area contributed by atoms with E-state index in [0.717, 1.165) is 13.0 Å². The number of hydrogen-bond acceptors (Lipinski definition) is 4. The predicted molar refractivity (Wildman–Crippen MR) is 90.4 cm³/mol. The van der Waals surface area contributed by atoms with Crippen LogP contribution in [0.1, 0.15) is 12.8 Å². The Bertz CT molecular complexity index is 421. The molecular formula is C12H19Cl4N3O2. The minimum atomic E-state index is 0. The Kier molecular flexibility index (Phi) is 14.4. The van der Waals surface area contributed by atoms with Gasteiger partial charge in [-0.3, -0.25) is 4.79 Å². The molecule has 0 aliphatic carbocycles. The number of carbonyl (C=O) groups is 1. The molecule has 0 radical (unpaired) electrons. The van der Waals surface area contributed by atoms with Crippen LogP contribution in [0.15, 0.2) is 12.3 Å². The summed E-state index contributed by atoms with van der Waals surface area (Å²) in [4.78, 5) is 15.3. The smallest absolute Gasteiger partial charge is 0.232 e. The van der Waals surface area contributed by atoms with Crippen LogP contribution in [-0.2, 0) is 4.79 Å². The Balaban J connectivity index is 0. The molecule has 1 amide bonds. The van der Waals surface area contributed by atoms with Crippen LogP contribution in [0.2, 0.25) is 10.0 Å². The van der Waals surface area contributed by atoms with Crippen molar-refractivity contribution in [2.24, 2.45) is 0 Å². The van der Waals surface area contributed by atoms with Crippen molar-refractivity contribution in [1.82, 2.24) is 15.6 Å². The van der Waals surface area contributed by atoms with Gasteiger partial charge >= 0.3 is 0 Å². The Hall–Kier alpha value is -0.460. The summed E-state index contributed by atoms with van der Waals surface area (Å²) >= 11 is 11.6. The van der Waals surface area contributed by atoms with Crippen LogP contribution in [-0.4, -0.2) is 37.6 Å². The fraction of sp³-hybridized carbons (Fsp3) is 0.500. The van der Waals surface area contributed by atoms with Gasteiger partial charge in [-0.05, 0) is 26.1 Å². The van der Waals surface area contributed by atoms with Crippen molar-refractivity contribution in [2.45, 2.75) is 12.8 Å². The molecule has 9 heteroatoms. The van der Waals surface area contributed by atoms with Crippen LogP contribution < -0.4 is 15.4 Å². The van der Waals surface area contributed by atoms with E-state index in [1.54, 1.807) is 6.07 Å². The third-order valence-electron chi connectivity index (χ3n) is 2.27. The molecule has 1 rings (SSSR count). The fourth-order valence-electron chi connectivity index (χ4n) is 1.36. The van der Waals surface area contributed by atoms with Crippen molar-refractivity contribution < 1.29 is 9.53 Å². The number of aromatic nitrogens is 1. The summed E-state index contributed by atoms with van der Waals surface area (Å²) in [7, 11) is 1.86. The number of amides is 1. The zero-order valence-electron chi connectivity index (χ0n) is 11.5. The first-order chi connectivity index (χ1) is 9.13. The van der Waals surface area contributed by atoms with E-state index in [9.17, 15) is 4.79 Å². The molecule has 1 aromatic rings. The van der Waals surface area contributed by atoms with E-state index in [1.165, 1.54) is 6.20 Å². The number of halogens is 4. The van der Waals surface area contributed by atoms with Crippen LogP contribution in [0.25, 0.3) is 0 Å². The maximum Gasteiger partial charge on any atom is 0.232 e. The molecule has 0 spiro atoms. The van der Waals surface area contributed by atoms with Crippen molar-refractivity contribution >= 4 is 53.9 Å². The number of rotatable bonds is 8. The molecule has 0 atom stereocenters. The van der Waals surface area contributed by atoms with Crippen molar-refractivity contribution in [2.75, 3.05) is 26.7 Å². The van der Waals surface area contributed by atoms with Gasteiger partial charge in [0, 0.05) is 12.6 Å². The molecule has 0 saturated heterocycles. The molecule has 1 aromatic heterocycles. The van der Waals surface area contributed by atoms with E-state index in [0.29, 0.717) is 35.5 Å². The quantitative estimate of drug-likeness (QED) is 0.682. The van der Waals surface area contributed by atoms with Gasteiger partial charge in [-0.1, -0.05) is 23.2 Å². The molecule has 0 saturated carbocycles. The van der Waals surface area contributed by atoms with Gasteiger partial charge in [0.25, 0.3) is 0 Å². The van der Waals surface area contributed by atoms with Gasteiger partial charge in [0.05, 0.1) is 11.6 Å². The van der Waals surface area contributed by atoms with E-state index in [1.807, 2.05) is 7.05 Å². The molecule has 2 N–H and O–H groups in total. The van der Waals surface area contributed by atoms with Gasteiger partial charge in [0.1, 0.15) is 11.6 Å². The Morgan fingerprint density at radius 3 is 2.67 bits per heavy atom. The molecule has 1 heterocycles. The summed E-state index contributed by atoms with van der Waals surface area (Å²) in [6, 6.07) is 1.56. The van der Waals surface area contributed by atoms with Gasteiger partial charge < -0.3 is 15.4 Å². The summed E-state index contributed by atoms with van der Waals surface area (Å²) in [6.07, 6.45) is 2.77. The maximum atomic E-state index is 11.4. The van der Waals surface area contributed by atoms with E-state index in [2.05, 4.69) is 15.6 Å². The number of pyridine rings is 1. The zero-order chi connectivity index (χ0) is 14.1. The second-order valence-corrected chi connectivity index (χ2v) is 4.69. The first kappa shape index (κ1) is 22.8. The molecule has 0 aliphatic heterocycles. The van der Waals surface area contributed by atoms with Crippen LogP contribution in [0, 0.1) is 0 Å². The fourth-order valence-corrected chi connectivity index (χ4v) is 1.80. The topological polar surface area (TPSA) is 63.2 Å². The predicted octanol–water partition coefficient (Wildman–Crippen LogP) is 2.73. The Morgan fingerprint density at radius 2 is 2.05 bits per heavy atom. The second-order valence-electron chi connectivity index (χ2n) is 3.85. The average molecular weight is 379 g/mol. The van der Waals surface area contributed by atoms with E-state index in [4.69, 9.17) is 27.9 Å². The molecule has 21 heavy (non-hydrogen) atoms. The molecule has 0 bridgehead atoms. The van der Waals surface area contributed by atoms with Crippen LogP contribution >= 0.6 is 48.0 Å². The summed E-state index contributed by atoms with van der Waals surface area (Å²) in [5, 5.41) is 6.55. The van der Waals surface area contributed by atoms with Crippen LogP contribution in [0.3, 0.4) is 0 Å². The van der Waals surface area contributed by atoms with Gasteiger partial charge in [-0.25, -0.2) is 4.98 Å². The summed E-state index contributed by atoms with van der Waals surface area (Å²) in [6.45, 7) is 1.55. The van der Waals surface area contributed by atoms with Crippen LogP contribution in [0.4, 0.5) is 0 Å². The van der Waals surface area contributed by atoms with Gasteiger partial charge in [-0.2, -0.15) is 0 Å². The molecule has 0 aliphatic rings. The lowest BCUT2D eigenvalue weighted by atomic mass is 10.3. The van der Waals surface area contributed by atoms with Crippen molar-refractivity contribution in [3.8, 4) is 5.88 Å². The highest BCUT2D eigenvalue weighted by atomic mass is 35.5. The van der Waals surface area contributed by atoms with Crippen molar-refractivity contribution in [3.05, 3.63) is 22.3 Å². The summed E-state index contributed by atoms with van der Waals surface area (Å²) in [5.74, 6) is 0.324. The number of hydrogen-bond donors (Lipinski definition) is 2. The standard InChI is InChI=1S/C12H17Cl2N3O2.2ClH/c1-15-4-2-3-11(18)16-5-6-19-12-10(14)7-9(13)8-17-12;;/h7-8,15H,2-6H2,1H3,(H,16,18);2*1H. The molecule has 122 valence electrons. The molecule has 5 nitrogen and oxygen atoms in total. The molecule has 0 fully saturated rings. The maximum absolute atomic E-state index is 11.4. The largest absolute Gasteiger partial charge is 0.475 e. The summed E-state index contributed by atoms with van der Waals surface area (Å²) in [5.41, 5.74) is 0. The van der Waals surface area contributed by atoms with Crippen molar-refractivity contribution in [1.29, 1.82) is 0 Å². The third-order valence-corrected chi connectivity index (χ3v) is 2.75. The number of ether oxygens (including phenoxy) is 1.